The normalized spacial score (nSPS) is 17.5. The summed E-state index contributed by atoms with van der Waals surface area (Å²) in [6.45, 7) is 12.4. The minimum absolute atomic E-state index is 0.0112. The number of primary amides is 1. The second kappa shape index (κ2) is 31.8. The largest absolute Gasteiger partial charge is 0.508 e. The monoisotopic (exact) mass is 1230 g/mol. The van der Waals surface area contributed by atoms with Crippen molar-refractivity contribution in [3.8, 4) is 23.0 Å². The number of nitrogens with one attached hydrogen (secondary N) is 3. The molecule has 5 amide bonds. The molecule has 4 aromatic rings. The molecule has 0 spiro atoms. The fourth-order valence-electron chi connectivity index (χ4n) is 11.9. The van der Waals surface area contributed by atoms with E-state index in [-0.39, 0.29) is 123 Å². The first-order valence-electron chi connectivity index (χ1n) is 31.0. The Hall–Kier alpha value is -8.26. The first-order chi connectivity index (χ1) is 42.0. The molecule has 0 saturated carbocycles. The second-order valence-corrected chi connectivity index (χ2v) is 25.6. The Balaban J connectivity index is 1.23. The van der Waals surface area contributed by atoms with Crippen LogP contribution in [0.15, 0.2) is 97.1 Å². The van der Waals surface area contributed by atoms with E-state index in [0.717, 1.165) is 0 Å². The number of carbonyl (C=O) groups is 10. The van der Waals surface area contributed by atoms with Crippen molar-refractivity contribution in [1.29, 1.82) is 0 Å². The molecule has 4 aromatic carbocycles. The molecule has 9 atom stereocenters. The number of carbonyl (C=O) groups excluding carboxylic acids is 10. The first kappa shape index (κ1) is 69.8. The maximum atomic E-state index is 15.2. The number of likely N-dealkylation sites (tertiary alicyclic amines) is 2. The number of phenols is 4. The van der Waals surface area contributed by atoms with Gasteiger partial charge in [-0.15, -0.1) is 0 Å². The highest BCUT2D eigenvalue weighted by Gasteiger charge is 2.45. The predicted molar refractivity (Wildman–Crippen MR) is 334 cm³/mol. The average Bonchev–Trinajstić information content (AvgIpc) is 3.55. The van der Waals surface area contributed by atoms with Crippen LogP contribution in [0.5, 0.6) is 23.0 Å². The van der Waals surface area contributed by atoms with Crippen LogP contribution in [0.25, 0.3) is 0 Å². The first-order valence-corrected chi connectivity index (χ1v) is 31.0. The van der Waals surface area contributed by atoms with Gasteiger partial charge in [-0.2, -0.15) is 0 Å². The summed E-state index contributed by atoms with van der Waals surface area (Å²) < 4.78 is 0. The quantitative estimate of drug-likeness (QED) is 0.0255. The number of nitrogens with zero attached hydrogens (tertiary/aromatic N) is 2. The Kier molecular flexibility index (Phi) is 24.9. The summed E-state index contributed by atoms with van der Waals surface area (Å²) >= 11 is 0. The zero-order valence-corrected chi connectivity index (χ0v) is 52.5. The molecule has 20 nitrogen and oxygen atoms in total. The fraction of sp³-hybridized carbons (Fsp3) is 0.507. The molecule has 0 aliphatic carbocycles. The van der Waals surface area contributed by atoms with Gasteiger partial charge in [0.2, 0.25) is 29.5 Å². The van der Waals surface area contributed by atoms with Crippen LogP contribution in [-0.2, 0) is 73.6 Å². The molecule has 2 saturated heterocycles. The summed E-state index contributed by atoms with van der Waals surface area (Å²) in [7, 11) is 1.64. The highest BCUT2D eigenvalue weighted by atomic mass is 16.3. The molecular formula is C69H90N6O14. The maximum absolute atomic E-state index is 15.2. The number of aromatic hydroxyl groups is 4. The van der Waals surface area contributed by atoms with Crippen molar-refractivity contribution in [3.05, 3.63) is 119 Å². The lowest BCUT2D eigenvalue weighted by molar-refractivity contribution is -0.149. The topological polar surface area (TPSA) is 320 Å². The van der Waals surface area contributed by atoms with Gasteiger partial charge in [-0.3, -0.25) is 47.9 Å². The van der Waals surface area contributed by atoms with E-state index >= 15 is 9.59 Å². The van der Waals surface area contributed by atoms with Gasteiger partial charge < -0.3 is 51.9 Å². The number of nitrogens with two attached hydrogens (primary N) is 1. The lowest BCUT2D eigenvalue weighted by atomic mass is 9.79. The third-order valence-electron chi connectivity index (χ3n) is 17.8. The molecule has 0 aromatic heterocycles. The van der Waals surface area contributed by atoms with Gasteiger partial charge in [-0.1, -0.05) is 83.1 Å². The van der Waals surface area contributed by atoms with Crippen molar-refractivity contribution < 1.29 is 68.4 Å². The van der Waals surface area contributed by atoms with Crippen molar-refractivity contribution in [2.24, 2.45) is 47.2 Å². The number of Topliss-reactive ketones (excluding diaryl/α,β-unsaturated/α-hetero) is 5. The highest BCUT2D eigenvalue weighted by Crippen LogP contribution is 2.31. The van der Waals surface area contributed by atoms with E-state index in [1.54, 1.807) is 97.1 Å². The smallest absolute Gasteiger partial charge is 0.246 e. The van der Waals surface area contributed by atoms with Gasteiger partial charge in [0.15, 0.2) is 17.3 Å². The Labute approximate surface area is 521 Å². The van der Waals surface area contributed by atoms with Crippen LogP contribution >= 0.6 is 0 Å². The maximum Gasteiger partial charge on any atom is 0.246 e. The highest BCUT2D eigenvalue weighted by molar-refractivity contribution is 5.99. The van der Waals surface area contributed by atoms with Crippen LogP contribution in [0.2, 0.25) is 0 Å². The number of hydrogen-bond donors (Lipinski definition) is 8. The van der Waals surface area contributed by atoms with Crippen LogP contribution in [0, 0.1) is 41.4 Å². The molecule has 480 valence electrons. The molecule has 2 fully saturated rings. The standard InChI is InChI=1S/C69H90N6O14/c1-40(2)54(64(70)85)39-61(83)63(41(3)4)73-66(87)56-11-9-29-74(56)68(89)57-12-10-30-75(57)67(88)49(34-45-17-25-52(78)26-18-45)37-60(82)55(35-46-19-27-53(79)28-20-46)72-65(86)42(5)31-58(80)47(32-43-13-21-50(76)22-14-43)36-59(81)48(38-62(84)69(6,7)71-8)33-44-15-23-51(77)24-16-44/h13-28,40-42,47-49,54-57,63,71,76-79H,9-12,29-39H2,1-8H3,(H2,70,85)(H,72,86)(H,73,87)/t42-,47-,48-,49-,54+,55+,56+,57+,63+/m1/s1. The Morgan fingerprint density at radius 3 is 1.40 bits per heavy atom. The van der Waals surface area contributed by atoms with Gasteiger partial charge in [0.05, 0.1) is 17.6 Å². The van der Waals surface area contributed by atoms with Gasteiger partial charge >= 0.3 is 0 Å². The third kappa shape index (κ3) is 19.6. The lowest BCUT2D eigenvalue weighted by Gasteiger charge is -2.34. The summed E-state index contributed by atoms with van der Waals surface area (Å²) in [5.41, 5.74) is 7.10. The Morgan fingerprint density at radius 1 is 0.517 bits per heavy atom. The zero-order chi connectivity index (χ0) is 65.4. The van der Waals surface area contributed by atoms with Crippen molar-refractivity contribution in [3.63, 3.8) is 0 Å². The zero-order valence-electron chi connectivity index (χ0n) is 52.5. The summed E-state index contributed by atoms with van der Waals surface area (Å²) in [4.78, 5) is 145. The minimum atomic E-state index is -1.29. The molecule has 0 unspecified atom stereocenters. The number of rotatable bonds is 33. The van der Waals surface area contributed by atoms with E-state index in [1.165, 1.54) is 65.3 Å². The van der Waals surface area contributed by atoms with Crippen molar-refractivity contribution >= 4 is 58.5 Å². The molecule has 89 heavy (non-hydrogen) atoms. The molecule has 2 heterocycles. The number of ketones is 5. The second-order valence-electron chi connectivity index (χ2n) is 25.6. The summed E-state index contributed by atoms with van der Waals surface area (Å²) in [5, 5.41) is 49.2. The van der Waals surface area contributed by atoms with E-state index in [2.05, 4.69) is 16.0 Å². The van der Waals surface area contributed by atoms with Gasteiger partial charge in [-0.05, 0) is 155 Å². The fourth-order valence-corrected chi connectivity index (χ4v) is 11.9. The Morgan fingerprint density at radius 2 is 0.944 bits per heavy atom. The Bertz CT molecular complexity index is 3140. The summed E-state index contributed by atoms with van der Waals surface area (Å²) in [6, 6.07) is 20.4. The van der Waals surface area contributed by atoms with Crippen LogP contribution in [0.4, 0.5) is 0 Å². The van der Waals surface area contributed by atoms with E-state index in [0.29, 0.717) is 41.5 Å². The number of likely N-dealkylation sites (N-methyl/N-ethyl adjacent to an activating group) is 1. The van der Waals surface area contributed by atoms with Crippen molar-refractivity contribution in [2.45, 2.75) is 162 Å². The predicted octanol–water partition coefficient (Wildman–Crippen LogP) is 6.42. The molecule has 20 heteroatoms. The van der Waals surface area contributed by atoms with Gasteiger partial charge in [0, 0.05) is 74.8 Å². The molecule has 6 rings (SSSR count). The average molecular weight is 1230 g/mol. The van der Waals surface area contributed by atoms with Gasteiger partial charge in [0.1, 0.15) is 46.6 Å². The molecule has 9 N–H and O–H groups in total. The van der Waals surface area contributed by atoms with E-state index in [9.17, 15) is 58.8 Å². The molecule has 2 aliphatic rings. The van der Waals surface area contributed by atoms with E-state index in [4.69, 9.17) is 5.73 Å². The summed E-state index contributed by atoms with van der Waals surface area (Å²) in [5.74, 6) is -10.2. The molecule has 0 radical (unpaired) electrons. The van der Waals surface area contributed by atoms with Crippen LogP contribution in [0.3, 0.4) is 0 Å². The van der Waals surface area contributed by atoms with Crippen molar-refractivity contribution in [2.75, 3.05) is 20.1 Å². The number of hydrogen-bond acceptors (Lipinski definition) is 15. The molecule has 2 aliphatic heterocycles. The molecular weight excluding hydrogens is 1140 g/mol. The van der Waals surface area contributed by atoms with Gasteiger partial charge in [-0.25, -0.2) is 0 Å². The minimum Gasteiger partial charge on any atom is -0.508 e. The lowest BCUT2D eigenvalue weighted by Crippen LogP contribution is -2.56. The van der Waals surface area contributed by atoms with E-state index in [1.807, 2.05) is 0 Å². The number of phenolic OH excluding ortho intramolecular Hbond substituents is 4. The third-order valence-corrected chi connectivity index (χ3v) is 17.8. The number of benzene rings is 4. The van der Waals surface area contributed by atoms with Gasteiger partial charge in [0.25, 0.3) is 0 Å². The SMILES string of the molecule is CNC(C)(C)C(=O)C[C@@H](Cc1ccc(O)cc1)C(=O)C[C@@H](Cc1ccc(O)cc1)C(=O)C[C@@H](C)C(=O)N[C@@H](Cc1ccc(O)cc1)C(=O)C[C@@H](Cc1ccc(O)cc1)C(=O)N1CCC[C@H]1C(=O)N1CCC[C@H]1C(=O)N[C@H](C(=O)C[C@H](C(N)=O)C(C)C)C(C)C. The van der Waals surface area contributed by atoms with Crippen molar-refractivity contribution in [1.82, 2.24) is 25.8 Å². The number of amides is 5. The van der Waals surface area contributed by atoms with Crippen LogP contribution < -0.4 is 21.7 Å². The summed E-state index contributed by atoms with van der Waals surface area (Å²) in [6.07, 6.45) is 0.162. The molecule has 0 bridgehead atoms. The van der Waals surface area contributed by atoms with E-state index < -0.39 is 107 Å². The van der Waals surface area contributed by atoms with Crippen LogP contribution in [-0.4, -0.2) is 139 Å². The van der Waals surface area contributed by atoms with Crippen LogP contribution in [0.1, 0.15) is 129 Å².